The number of hydrogen-bond donors (Lipinski definition) is 1. The highest BCUT2D eigenvalue weighted by molar-refractivity contribution is 5.88. The summed E-state index contributed by atoms with van der Waals surface area (Å²) >= 11 is 0. The predicted molar refractivity (Wildman–Crippen MR) is 106 cm³/mol. The number of H-pyrrole nitrogens is 1. The summed E-state index contributed by atoms with van der Waals surface area (Å²) in [6.07, 6.45) is 5.12. The number of likely N-dealkylation sites (tertiary alicyclic amines) is 1. The van der Waals surface area contributed by atoms with Gasteiger partial charge in [-0.1, -0.05) is 6.92 Å². The first kappa shape index (κ1) is 17.1. The molecular formula is C22H29N3O2. The van der Waals surface area contributed by atoms with Gasteiger partial charge in [0.1, 0.15) is 5.75 Å². The number of rotatable bonds is 3. The largest absolute Gasteiger partial charge is 0.497 e. The van der Waals surface area contributed by atoms with Crippen molar-refractivity contribution < 1.29 is 9.53 Å². The first-order chi connectivity index (χ1) is 13.2. The summed E-state index contributed by atoms with van der Waals surface area (Å²) in [5.74, 6) is 1.56. The zero-order chi connectivity index (χ0) is 18.6. The molecule has 3 heterocycles. The molecule has 0 unspecified atom stereocenters. The minimum atomic E-state index is -0.162. The fourth-order valence-electron chi connectivity index (χ4n) is 5.21. The van der Waals surface area contributed by atoms with Crippen molar-refractivity contribution in [3.8, 4) is 5.75 Å². The number of aromatic nitrogens is 1. The molecule has 1 aromatic carbocycles. The minimum Gasteiger partial charge on any atom is -0.497 e. The molecule has 1 saturated carbocycles. The van der Waals surface area contributed by atoms with Crippen molar-refractivity contribution in [2.24, 2.45) is 5.92 Å². The van der Waals surface area contributed by atoms with Crippen LogP contribution in [-0.4, -0.2) is 54.0 Å². The smallest absolute Gasteiger partial charge is 0.226 e. The normalized spacial score (nSPS) is 22.2. The number of piperidine rings is 1. The molecule has 0 atom stereocenters. The molecule has 1 aromatic heterocycles. The Hall–Kier alpha value is -2.01. The number of benzene rings is 1. The number of amides is 1. The summed E-state index contributed by atoms with van der Waals surface area (Å²) in [5.41, 5.74) is 3.69. The van der Waals surface area contributed by atoms with E-state index in [0.29, 0.717) is 5.91 Å². The average Bonchev–Trinajstić information content (AvgIpc) is 3.49. The van der Waals surface area contributed by atoms with Gasteiger partial charge in [-0.3, -0.25) is 4.79 Å². The lowest BCUT2D eigenvalue weighted by Crippen LogP contribution is -2.58. The maximum Gasteiger partial charge on any atom is 0.226 e. The number of ether oxygens (including phenoxy) is 1. The van der Waals surface area contributed by atoms with Crippen LogP contribution < -0.4 is 4.74 Å². The topological polar surface area (TPSA) is 48.6 Å². The van der Waals surface area contributed by atoms with E-state index in [0.717, 1.165) is 64.0 Å². The summed E-state index contributed by atoms with van der Waals surface area (Å²) in [7, 11) is 1.72. The molecule has 1 spiro atoms. The summed E-state index contributed by atoms with van der Waals surface area (Å²) in [6, 6.07) is 6.29. The Morgan fingerprint density at radius 2 is 2.04 bits per heavy atom. The maximum absolute atomic E-state index is 13.2. The predicted octanol–water partition coefficient (Wildman–Crippen LogP) is 3.28. The third kappa shape index (κ3) is 2.59. The molecule has 1 amide bonds. The van der Waals surface area contributed by atoms with Gasteiger partial charge >= 0.3 is 0 Å². The van der Waals surface area contributed by atoms with Gasteiger partial charge in [-0.15, -0.1) is 0 Å². The van der Waals surface area contributed by atoms with Gasteiger partial charge < -0.3 is 19.5 Å². The van der Waals surface area contributed by atoms with E-state index in [-0.39, 0.29) is 11.5 Å². The number of fused-ring (bicyclic) bond motifs is 4. The third-order valence-electron chi connectivity index (χ3n) is 7.00. The Kier molecular flexibility index (Phi) is 3.97. The van der Waals surface area contributed by atoms with E-state index in [1.807, 2.05) is 6.07 Å². The van der Waals surface area contributed by atoms with E-state index in [9.17, 15) is 4.79 Å². The Balaban J connectivity index is 1.62. The van der Waals surface area contributed by atoms with Crippen molar-refractivity contribution in [1.82, 2.24) is 14.8 Å². The van der Waals surface area contributed by atoms with Gasteiger partial charge in [0.05, 0.1) is 12.6 Å². The van der Waals surface area contributed by atoms with Gasteiger partial charge in [-0.2, -0.15) is 0 Å². The Bertz CT molecular complexity index is 875. The Morgan fingerprint density at radius 3 is 2.70 bits per heavy atom. The lowest BCUT2D eigenvalue weighted by molar-refractivity contribution is -0.143. The Labute approximate surface area is 160 Å². The van der Waals surface area contributed by atoms with Gasteiger partial charge in [-0.25, -0.2) is 0 Å². The van der Waals surface area contributed by atoms with Crippen LogP contribution in [0.3, 0.4) is 0 Å². The number of carbonyl (C=O) groups is 1. The highest BCUT2D eigenvalue weighted by atomic mass is 16.5. The zero-order valence-corrected chi connectivity index (χ0v) is 16.4. The molecule has 5 rings (SSSR count). The van der Waals surface area contributed by atoms with E-state index in [2.05, 4.69) is 33.8 Å². The average molecular weight is 367 g/mol. The van der Waals surface area contributed by atoms with E-state index in [1.165, 1.54) is 22.2 Å². The van der Waals surface area contributed by atoms with E-state index >= 15 is 0 Å². The van der Waals surface area contributed by atoms with Crippen molar-refractivity contribution in [2.75, 3.05) is 33.3 Å². The second-order valence-corrected chi connectivity index (χ2v) is 8.37. The molecule has 27 heavy (non-hydrogen) atoms. The SMILES string of the molecule is CCN1CCC2(CC1)c1[nH]c3ccc(OC)cc3c1CCN2C(=O)C1CC1. The maximum atomic E-state index is 13.2. The monoisotopic (exact) mass is 367 g/mol. The van der Waals surface area contributed by atoms with Crippen molar-refractivity contribution in [3.63, 3.8) is 0 Å². The molecule has 3 aliphatic rings. The lowest BCUT2D eigenvalue weighted by Gasteiger charge is -2.51. The summed E-state index contributed by atoms with van der Waals surface area (Å²) < 4.78 is 5.46. The second-order valence-electron chi connectivity index (χ2n) is 8.37. The van der Waals surface area contributed by atoms with Crippen LogP contribution >= 0.6 is 0 Å². The van der Waals surface area contributed by atoms with E-state index in [4.69, 9.17) is 4.74 Å². The first-order valence-corrected chi connectivity index (χ1v) is 10.4. The molecule has 1 N–H and O–H groups in total. The molecule has 2 aliphatic heterocycles. The molecule has 144 valence electrons. The van der Waals surface area contributed by atoms with Crippen molar-refractivity contribution >= 4 is 16.8 Å². The molecule has 1 saturated heterocycles. The number of methoxy groups -OCH3 is 1. The van der Waals surface area contributed by atoms with Crippen LogP contribution in [-0.2, 0) is 16.8 Å². The fourth-order valence-corrected chi connectivity index (χ4v) is 5.21. The zero-order valence-electron chi connectivity index (χ0n) is 16.4. The highest BCUT2D eigenvalue weighted by Crippen LogP contribution is 2.47. The molecule has 0 bridgehead atoms. The quantitative estimate of drug-likeness (QED) is 0.906. The second kappa shape index (κ2) is 6.26. The molecule has 2 aromatic rings. The summed E-state index contributed by atoms with van der Waals surface area (Å²) in [4.78, 5) is 21.7. The van der Waals surface area contributed by atoms with Gasteiger partial charge in [-0.05, 0) is 62.4 Å². The number of nitrogens with one attached hydrogen (secondary N) is 1. The highest BCUT2D eigenvalue weighted by Gasteiger charge is 2.50. The number of nitrogens with zero attached hydrogens (tertiary/aromatic N) is 2. The van der Waals surface area contributed by atoms with Crippen LogP contribution in [0.25, 0.3) is 10.9 Å². The van der Waals surface area contributed by atoms with Crippen molar-refractivity contribution in [3.05, 3.63) is 29.5 Å². The van der Waals surface area contributed by atoms with Crippen molar-refractivity contribution in [1.29, 1.82) is 0 Å². The molecule has 0 radical (unpaired) electrons. The van der Waals surface area contributed by atoms with E-state index < -0.39 is 0 Å². The van der Waals surface area contributed by atoms with Gasteiger partial charge in [0, 0.05) is 42.1 Å². The van der Waals surface area contributed by atoms with Gasteiger partial charge in [0.2, 0.25) is 5.91 Å². The van der Waals surface area contributed by atoms with Crippen LogP contribution in [0.1, 0.15) is 43.9 Å². The van der Waals surface area contributed by atoms with E-state index in [1.54, 1.807) is 7.11 Å². The molecule has 2 fully saturated rings. The lowest BCUT2D eigenvalue weighted by atomic mass is 9.77. The fraction of sp³-hybridized carbons (Fsp3) is 0.591. The van der Waals surface area contributed by atoms with Crippen LogP contribution in [0.4, 0.5) is 0 Å². The van der Waals surface area contributed by atoms with Crippen LogP contribution in [0, 0.1) is 5.92 Å². The number of hydrogen-bond acceptors (Lipinski definition) is 3. The first-order valence-electron chi connectivity index (χ1n) is 10.4. The Morgan fingerprint density at radius 1 is 1.26 bits per heavy atom. The van der Waals surface area contributed by atoms with Crippen LogP contribution in [0.15, 0.2) is 18.2 Å². The summed E-state index contributed by atoms with van der Waals surface area (Å²) in [5, 5.41) is 1.26. The minimum absolute atomic E-state index is 0.162. The van der Waals surface area contributed by atoms with Crippen molar-refractivity contribution in [2.45, 2.75) is 44.6 Å². The standard InChI is InChI=1S/C22H29N3O2/c1-3-24-12-9-22(10-13-24)20-17(8-11-25(22)21(26)15-4-5-15)18-14-16(27-2)6-7-19(18)23-20/h6-7,14-15,23H,3-5,8-13H2,1-2H3. The van der Waals surface area contributed by atoms with Crippen LogP contribution in [0.2, 0.25) is 0 Å². The molecule has 1 aliphatic carbocycles. The molecule has 5 nitrogen and oxygen atoms in total. The van der Waals surface area contributed by atoms with Gasteiger partial charge in [0.25, 0.3) is 0 Å². The molecular weight excluding hydrogens is 338 g/mol. The third-order valence-corrected chi connectivity index (χ3v) is 7.00. The number of carbonyl (C=O) groups excluding carboxylic acids is 1. The van der Waals surface area contributed by atoms with Gasteiger partial charge in [0.15, 0.2) is 0 Å². The summed E-state index contributed by atoms with van der Waals surface area (Å²) in [6.45, 7) is 6.28. The molecule has 5 heteroatoms. The number of aromatic amines is 1. The van der Waals surface area contributed by atoms with Crippen LogP contribution in [0.5, 0.6) is 5.75 Å².